The number of hydrogen-bond acceptors (Lipinski definition) is 5. The monoisotopic (exact) mass is 275 g/mol. The zero-order valence-corrected chi connectivity index (χ0v) is 10.8. The molecule has 0 aliphatic heterocycles. The highest BCUT2D eigenvalue weighted by molar-refractivity contribution is 6.05. The second-order valence-electron chi connectivity index (χ2n) is 4.04. The SMILES string of the molecule is CCCc1nc(C(=O)Nc2cnccc2C(=O)O)n[nH]1. The Morgan fingerprint density at radius 2 is 2.25 bits per heavy atom. The van der Waals surface area contributed by atoms with Gasteiger partial charge in [0.25, 0.3) is 5.91 Å². The Labute approximate surface area is 114 Å². The molecule has 0 bridgehead atoms. The molecule has 2 aromatic heterocycles. The summed E-state index contributed by atoms with van der Waals surface area (Å²) in [6.07, 6.45) is 4.17. The van der Waals surface area contributed by atoms with Gasteiger partial charge >= 0.3 is 5.97 Å². The van der Waals surface area contributed by atoms with Crippen LogP contribution in [-0.2, 0) is 6.42 Å². The van der Waals surface area contributed by atoms with Crippen molar-refractivity contribution >= 4 is 17.6 Å². The van der Waals surface area contributed by atoms with Crippen LogP contribution >= 0.6 is 0 Å². The van der Waals surface area contributed by atoms with Crippen molar-refractivity contribution in [3.8, 4) is 0 Å². The maximum absolute atomic E-state index is 11.9. The van der Waals surface area contributed by atoms with Gasteiger partial charge in [0.15, 0.2) is 0 Å². The van der Waals surface area contributed by atoms with E-state index in [9.17, 15) is 9.59 Å². The first-order chi connectivity index (χ1) is 9.61. The number of hydrogen-bond donors (Lipinski definition) is 3. The summed E-state index contributed by atoms with van der Waals surface area (Å²) < 4.78 is 0. The van der Waals surface area contributed by atoms with Gasteiger partial charge in [-0.2, -0.15) is 0 Å². The van der Waals surface area contributed by atoms with E-state index in [2.05, 4.69) is 25.5 Å². The Morgan fingerprint density at radius 3 is 2.95 bits per heavy atom. The lowest BCUT2D eigenvalue weighted by molar-refractivity contribution is 0.0698. The number of amides is 1. The van der Waals surface area contributed by atoms with Crippen molar-refractivity contribution in [1.82, 2.24) is 20.2 Å². The molecule has 8 heteroatoms. The quantitative estimate of drug-likeness (QED) is 0.751. The van der Waals surface area contributed by atoms with E-state index in [1.165, 1.54) is 18.5 Å². The number of rotatable bonds is 5. The molecule has 0 saturated carbocycles. The Morgan fingerprint density at radius 1 is 1.45 bits per heavy atom. The minimum Gasteiger partial charge on any atom is -0.478 e. The van der Waals surface area contributed by atoms with Crippen molar-refractivity contribution < 1.29 is 14.7 Å². The predicted octanol–water partition coefficient (Wildman–Crippen LogP) is 1.10. The number of carboxylic acids is 1. The first-order valence-corrected chi connectivity index (χ1v) is 6.01. The minimum atomic E-state index is -1.15. The van der Waals surface area contributed by atoms with E-state index in [4.69, 9.17) is 5.11 Å². The van der Waals surface area contributed by atoms with Gasteiger partial charge in [-0.1, -0.05) is 6.92 Å². The van der Waals surface area contributed by atoms with Crippen molar-refractivity contribution in [2.45, 2.75) is 19.8 Å². The fourth-order valence-electron chi connectivity index (χ4n) is 1.60. The normalized spacial score (nSPS) is 10.2. The summed E-state index contributed by atoms with van der Waals surface area (Å²) in [7, 11) is 0. The van der Waals surface area contributed by atoms with Gasteiger partial charge in [0.05, 0.1) is 17.4 Å². The first-order valence-electron chi connectivity index (χ1n) is 6.01. The van der Waals surface area contributed by atoms with Crippen LogP contribution in [-0.4, -0.2) is 37.1 Å². The standard InChI is InChI=1S/C12H13N5O3/c1-2-3-9-15-10(17-16-9)11(18)14-8-6-13-5-4-7(8)12(19)20/h4-6H,2-3H2,1H3,(H,14,18)(H,19,20)(H,15,16,17). The third kappa shape index (κ3) is 2.97. The Kier molecular flexibility index (Phi) is 4.04. The lowest BCUT2D eigenvalue weighted by atomic mass is 10.2. The molecule has 0 spiro atoms. The molecule has 3 N–H and O–H groups in total. The van der Waals surface area contributed by atoms with Gasteiger partial charge < -0.3 is 10.4 Å². The number of aromatic nitrogens is 4. The number of carboxylic acid groups (broad SMARTS) is 1. The molecule has 104 valence electrons. The number of carbonyl (C=O) groups excluding carboxylic acids is 1. The second-order valence-corrected chi connectivity index (χ2v) is 4.04. The molecule has 0 unspecified atom stereocenters. The predicted molar refractivity (Wildman–Crippen MR) is 69.5 cm³/mol. The number of anilines is 1. The van der Waals surface area contributed by atoms with Crippen LogP contribution in [0.2, 0.25) is 0 Å². The van der Waals surface area contributed by atoms with Gasteiger partial charge in [-0.25, -0.2) is 9.78 Å². The summed E-state index contributed by atoms with van der Waals surface area (Å²) >= 11 is 0. The molecule has 0 radical (unpaired) electrons. The van der Waals surface area contributed by atoms with Gasteiger partial charge in [-0.15, -0.1) is 5.10 Å². The van der Waals surface area contributed by atoms with E-state index < -0.39 is 11.9 Å². The number of carbonyl (C=O) groups is 2. The molecule has 2 aromatic rings. The number of pyridine rings is 1. The number of aryl methyl sites for hydroxylation is 1. The van der Waals surface area contributed by atoms with E-state index in [1.54, 1.807) is 0 Å². The van der Waals surface area contributed by atoms with Gasteiger partial charge in [0, 0.05) is 12.6 Å². The maximum atomic E-state index is 11.9. The number of aromatic amines is 1. The Hall–Kier alpha value is -2.77. The molecule has 20 heavy (non-hydrogen) atoms. The maximum Gasteiger partial charge on any atom is 0.337 e. The molecule has 0 aliphatic carbocycles. The third-order valence-corrected chi connectivity index (χ3v) is 2.52. The molecular formula is C12H13N5O3. The van der Waals surface area contributed by atoms with Crippen LogP contribution < -0.4 is 5.32 Å². The van der Waals surface area contributed by atoms with Crippen LogP contribution in [0.4, 0.5) is 5.69 Å². The molecular weight excluding hydrogens is 262 g/mol. The summed E-state index contributed by atoms with van der Waals surface area (Å²) in [6.45, 7) is 1.98. The van der Waals surface area contributed by atoms with Crippen LogP contribution in [0, 0.1) is 0 Å². The van der Waals surface area contributed by atoms with Crippen molar-refractivity contribution in [1.29, 1.82) is 0 Å². The highest BCUT2D eigenvalue weighted by Gasteiger charge is 2.16. The van der Waals surface area contributed by atoms with Gasteiger partial charge in [0.1, 0.15) is 5.82 Å². The first kappa shape index (κ1) is 13.7. The highest BCUT2D eigenvalue weighted by Crippen LogP contribution is 2.14. The van der Waals surface area contributed by atoms with Crippen molar-refractivity contribution in [2.75, 3.05) is 5.32 Å². The summed E-state index contributed by atoms with van der Waals surface area (Å²) in [5, 5.41) is 17.9. The Balaban J connectivity index is 2.17. The second kappa shape index (κ2) is 5.91. The summed E-state index contributed by atoms with van der Waals surface area (Å²) in [5.41, 5.74) is 0.0597. The third-order valence-electron chi connectivity index (χ3n) is 2.52. The zero-order valence-electron chi connectivity index (χ0n) is 10.8. The van der Waals surface area contributed by atoms with Crippen LogP contribution in [0.3, 0.4) is 0 Å². The molecule has 2 rings (SSSR count). The number of aromatic carboxylic acids is 1. The fraction of sp³-hybridized carbons (Fsp3) is 0.250. The lowest BCUT2D eigenvalue weighted by Crippen LogP contribution is -2.16. The average molecular weight is 275 g/mol. The highest BCUT2D eigenvalue weighted by atomic mass is 16.4. The number of H-pyrrole nitrogens is 1. The average Bonchev–Trinajstić information content (AvgIpc) is 2.88. The molecule has 0 saturated heterocycles. The van der Waals surface area contributed by atoms with E-state index in [0.717, 1.165) is 6.42 Å². The van der Waals surface area contributed by atoms with E-state index in [0.29, 0.717) is 12.2 Å². The van der Waals surface area contributed by atoms with Gasteiger partial charge in [0.2, 0.25) is 5.82 Å². The van der Waals surface area contributed by atoms with Gasteiger partial charge in [-0.05, 0) is 12.5 Å². The van der Waals surface area contributed by atoms with E-state index in [-0.39, 0.29) is 17.1 Å². The van der Waals surface area contributed by atoms with Crippen LogP contribution in [0.15, 0.2) is 18.5 Å². The van der Waals surface area contributed by atoms with Crippen LogP contribution in [0.5, 0.6) is 0 Å². The molecule has 0 atom stereocenters. The molecule has 8 nitrogen and oxygen atoms in total. The molecule has 0 fully saturated rings. The molecule has 0 aromatic carbocycles. The lowest BCUT2D eigenvalue weighted by Gasteiger charge is -2.05. The van der Waals surface area contributed by atoms with Gasteiger partial charge in [-0.3, -0.25) is 14.9 Å². The Bertz CT molecular complexity index is 638. The molecule has 2 heterocycles. The minimum absolute atomic E-state index is 0.0337. The molecule has 1 amide bonds. The topological polar surface area (TPSA) is 121 Å². The number of nitrogens with one attached hydrogen (secondary N) is 2. The van der Waals surface area contributed by atoms with E-state index >= 15 is 0 Å². The largest absolute Gasteiger partial charge is 0.478 e. The summed E-state index contributed by atoms with van der Waals surface area (Å²) in [4.78, 5) is 30.7. The molecule has 0 aliphatic rings. The summed E-state index contributed by atoms with van der Waals surface area (Å²) in [6, 6.07) is 1.30. The smallest absolute Gasteiger partial charge is 0.337 e. The number of nitrogens with zero attached hydrogens (tertiary/aromatic N) is 3. The van der Waals surface area contributed by atoms with Crippen molar-refractivity contribution in [3.05, 3.63) is 35.7 Å². The van der Waals surface area contributed by atoms with Crippen LogP contribution in [0.1, 0.15) is 40.1 Å². The van der Waals surface area contributed by atoms with E-state index in [1.807, 2.05) is 6.92 Å². The fourth-order valence-corrected chi connectivity index (χ4v) is 1.60. The zero-order chi connectivity index (χ0) is 14.5. The summed E-state index contributed by atoms with van der Waals surface area (Å²) in [5.74, 6) is -1.15. The van der Waals surface area contributed by atoms with Crippen molar-refractivity contribution in [2.24, 2.45) is 0 Å². The van der Waals surface area contributed by atoms with Crippen LogP contribution in [0.25, 0.3) is 0 Å². The van der Waals surface area contributed by atoms with Crippen molar-refractivity contribution in [3.63, 3.8) is 0 Å².